The second-order valence-corrected chi connectivity index (χ2v) is 3.29. The lowest BCUT2D eigenvalue weighted by Gasteiger charge is -2.00. The molecule has 0 spiro atoms. The van der Waals surface area contributed by atoms with Crippen LogP contribution in [0.4, 0.5) is 0 Å². The smallest absolute Gasteiger partial charge is 0.248 e. The maximum absolute atomic E-state index is 5.13. The third-order valence-electron chi connectivity index (χ3n) is 1.70. The third-order valence-corrected chi connectivity index (χ3v) is 2.49. The van der Waals surface area contributed by atoms with E-state index >= 15 is 0 Å². The highest BCUT2D eigenvalue weighted by atomic mass is 32.2. The van der Waals surface area contributed by atoms with Crippen molar-refractivity contribution >= 4 is 11.8 Å². The van der Waals surface area contributed by atoms with Crippen LogP contribution in [0, 0.1) is 0 Å². The molecule has 0 saturated heterocycles. The largest absolute Gasteiger partial charge is 0.423 e. The normalized spacial score (nSPS) is 10.2. The Morgan fingerprint density at radius 3 is 2.85 bits per heavy atom. The first kappa shape index (κ1) is 8.31. The molecule has 66 valence electrons. The highest BCUT2D eigenvalue weighted by Crippen LogP contribution is 2.27. The number of rotatable bonds is 2. The van der Waals surface area contributed by atoms with Crippen molar-refractivity contribution in [3.8, 4) is 11.5 Å². The summed E-state index contributed by atoms with van der Waals surface area (Å²) >= 11 is 1.67. The van der Waals surface area contributed by atoms with Gasteiger partial charge in [0.05, 0.1) is 5.56 Å². The molecule has 0 amide bonds. The zero-order valence-corrected chi connectivity index (χ0v) is 7.91. The van der Waals surface area contributed by atoms with E-state index in [1.54, 1.807) is 11.8 Å². The van der Waals surface area contributed by atoms with Crippen LogP contribution >= 0.6 is 11.8 Å². The monoisotopic (exact) mass is 192 g/mol. The Morgan fingerprint density at radius 1 is 1.31 bits per heavy atom. The molecule has 3 nitrogen and oxygen atoms in total. The van der Waals surface area contributed by atoms with E-state index in [9.17, 15) is 0 Å². The van der Waals surface area contributed by atoms with Gasteiger partial charge in [-0.05, 0) is 18.4 Å². The second kappa shape index (κ2) is 3.62. The zero-order valence-electron chi connectivity index (χ0n) is 7.10. The van der Waals surface area contributed by atoms with E-state index in [-0.39, 0.29) is 0 Å². The van der Waals surface area contributed by atoms with Gasteiger partial charge in [0, 0.05) is 4.90 Å². The quantitative estimate of drug-likeness (QED) is 0.685. The van der Waals surface area contributed by atoms with E-state index in [1.165, 1.54) is 6.39 Å². The molecule has 0 atom stereocenters. The van der Waals surface area contributed by atoms with Crippen molar-refractivity contribution in [2.45, 2.75) is 4.90 Å². The molecule has 2 aromatic rings. The molecule has 0 saturated carbocycles. The van der Waals surface area contributed by atoms with E-state index in [0.29, 0.717) is 5.89 Å². The number of hydrogen-bond acceptors (Lipinski definition) is 4. The predicted molar refractivity (Wildman–Crippen MR) is 51.5 cm³/mol. The van der Waals surface area contributed by atoms with Crippen molar-refractivity contribution in [1.82, 2.24) is 10.2 Å². The molecule has 0 aliphatic heterocycles. The number of benzene rings is 1. The van der Waals surface area contributed by atoms with Gasteiger partial charge in [0.2, 0.25) is 12.3 Å². The highest BCUT2D eigenvalue weighted by Gasteiger charge is 2.07. The Kier molecular flexibility index (Phi) is 2.31. The number of hydrogen-bond donors (Lipinski definition) is 0. The molecular weight excluding hydrogens is 184 g/mol. The Balaban J connectivity index is 2.51. The van der Waals surface area contributed by atoms with Crippen LogP contribution in [0.25, 0.3) is 11.5 Å². The SMILES string of the molecule is CSc1ccccc1-c1nnco1. The first-order chi connectivity index (χ1) is 6.42. The van der Waals surface area contributed by atoms with E-state index in [4.69, 9.17) is 4.42 Å². The molecule has 2 rings (SSSR count). The Morgan fingerprint density at radius 2 is 2.15 bits per heavy atom. The van der Waals surface area contributed by atoms with Crippen molar-refractivity contribution in [2.75, 3.05) is 6.26 Å². The lowest BCUT2D eigenvalue weighted by atomic mass is 10.2. The Labute approximate surface area is 80.2 Å². The summed E-state index contributed by atoms with van der Waals surface area (Å²) in [6.07, 6.45) is 3.36. The van der Waals surface area contributed by atoms with Gasteiger partial charge in [-0.1, -0.05) is 12.1 Å². The van der Waals surface area contributed by atoms with Gasteiger partial charge in [0.15, 0.2) is 0 Å². The minimum absolute atomic E-state index is 0.574. The van der Waals surface area contributed by atoms with Crippen LogP contribution in [-0.2, 0) is 0 Å². The summed E-state index contributed by atoms with van der Waals surface area (Å²) in [5.41, 5.74) is 0.993. The highest BCUT2D eigenvalue weighted by molar-refractivity contribution is 7.98. The summed E-state index contributed by atoms with van der Waals surface area (Å²) in [4.78, 5) is 1.15. The maximum atomic E-state index is 5.13. The molecule has 1 aromatic heterocycles. The van der Waals surface area contributed by atoms with Gasteiger partial charge in [0.25, 0.3) is 0 Å². The molecule has 4 heteroatoms. The number of nitrogens with zero attached hydrogens (tertiary/aromatic N) is 2. The van der Waals surface area contributed by atoms with Crippen molar-refractivity contribution in [3.05, 3.63) is 30.7 Å². The fourth-order valence-corrected chi connectivity index (χ4v) is 1.70. The van der Waals surface area contributed by atoms with Gasteiger partial charge >= 0.3 is 0 Å². The van der Waals surface area contributed by atoms with E-state index in [0.717, 1.165) is 10.5 Å². The topological polar surface area (TPSA) is 38.9 Å². The van der Waals surface area contributed by atoms with E-state index in [2.05, 4.69) is 10.2 Å². The fraction of sp³-hybridized carbons (Fsp3) is 0.111. The molecule has 0 aliphatic rings. The molecule has 0 fully saturated rings. The summed E-state index contributed by atoms with van der Waals surface area (Å²) in [6, 6.07) is 7.95. The van der Waals surface area contributed by atoms with Crippen LogP contribution in [0.5, 0.6) is 0 Å². The molecule has 0 radical (unpaired) electrons. The van der Waals surface area contributed by atoms with Crippen molar-refractivity contribution in [2.24, 2.45) is 0 Å². The van der Waals surface area contributed by atoms with E-state index < -0.39 is 0 Å². The van der Waals surface area contributed by atoms with Crippen LogP contribution in [0.1, 0.15) is 0 Å². The summed E-state index contributed by atoms with van der Waals surface area (Å²) in [5, 5.41) is 7.51. The van der Waals surface area contributed by atoms with Crippen LogP contribution < -0.4 is 0 Å². The van der Waals surface area contributed by atoms with Gasteiger partial charge in [0.1, 0.15) is 0 Å². The van der Waals surface area contributed by atoms with Crippen LogP contribution in [-0.4, -0.2) is 16.5 Å². The summed E-state index contributed by atoms with van der Waals surface area (Å²) < 4.78 is 5.13. The van der Waals surface area contributed by atoms with E-state index in [1.807, 2.05) is 30.5 Å². The third kappa shape index (κ3) is 1.58. The van der Waals surface area contributed by atoms with Gasteiger partial charge in [-0.3, -0.25) is 0 Å². The Bertz CT molecular complexity index is 386. The second-order valence-electron chi connectivity index (χ2n) is 2.44. The van der Waals surface area contributed by atoms with Crippen molar-refractivity contribution in [3.63, 3.8) is 0 Å². The van der Waals surface area contributed by atoms with Crippen molar-refractivity contribution in [1.29, 1.82) is 0 Å². The van der Waals surface area contributed by atoms with Gasteiger partial charge in [-0.15, -0.1) is 22.0 Å². The average Bonchev–Trinajstić information content (AvgIpc) is 2.70. The average molecular weight is 192 g/mol. The Hall–Kier alpha value is -1.29. The van der Waals surface area contributed by atoms with Crippen LogP contribution in [0.15, 0.2) is 40.0 Å². The van der Waals surface area contributed by atoms with Crippen LogP contribution in [0.3, 0.4) is 0 Å². The lowest BCUT2D eigenvalue weighted by Crippen LogP contribution is -1.81. The maximum Gasteiger partial charge on any atom is 0.248 e. The zero-order chi connectivity index (χ0) is 9.10. The standard InChI is InChI=1S/C9H8N2OS/c1-13-8-5-3-2-4-7(8)9-11-10-6-12-9/h2-6H,1H3. The molecule has 1 heterocycles. The van der Waals surface area contributed by atoms with Crippen LogP contribution in [0.2, 0.25) is 0 Å². The molecule has 0 unspecified atom stereocenters. The molecule has 13 heavy (non-hydrogen) atoms. The van der Waals surface area contributed by atoms with Gasteiger partial charge in [-0.2, -0.15) is 0 Å². The molecule has 1 aromatic carbocycles. The van der Waals surface area contributed by atoms with Gasteiger partial charge < -0.3 is 4.42 Å². The summed E-state index contributed by atoms with van der Waals surface area (Å²) in [5.74, 6) is 0.574. The minimum Gasteiger partial charge on any atom is -0.423 e. The first-order valence-corrected chi connectivity index (χ1v) is 5.04. The lowest BCUT2D eigenvalue weighted by molar-refractivity contribution is 0.567. The van der Waals surface area contributed by atoms with Crippen molar-refractivity contribution < 1.29 is 4.42 Å². The molecule has 0 N–H and O–H groups in total. The predicted octanol–water partition coefficient (Wildman–Crippen LogP) is 2.46. The fourth-order valence-electron chi connectivity index (χ4n) is 1.11. The number of thioether (sulfide) groups is 1. The number of aromatic nitrogens is 2. The summed E-state index contributed by atoms with van der Waals surface area (Å²) in [7, 11) is 0. The molecular formula is C9H8N2OS. The molecule has 0 bridgehead atoms. The molecule has 0 aliphatic carbocycles. The summed E-state index contributed by atoms with van der Waals surface area (Å²) in [6.45, 7) is 0. The first-order valence-electron chi connectivity index (χ1n) is 3.81. The minimum atomic E-state index is 0.574. The van der Waals surface area contributed by atoms with Gasteiger partial charge in [-0.25, -0.2) is 0 Å².